The molecule has 1 aliphatic rings. The standard InChI is InChI=1S/C25H25FN2O/c1-4-18-12-17(6-9-23(18)26)14-28-16(3)19-7-8-20-21-10-11-27-15-25(21)29-24(5-2)22(20)13-19/h6-13,15,24,28H,3-5,14H2,1-2H3. The predicted molar refractivity (Wildman–Crippen MR) is 115 cm³/mol. The average Bonchev–Trinajstić information content (AvgIpc) is 2.77. The minimum Gasteiger partial charge on any atom is -0.483 e. The maximum Gasteiger partial charge on any atom is 0.146 e. The lowest BCUT2D eigenvalue weighted by atomic mass is 9.90. The summed E-state index contributed by atoms with van der Waals surface area (Å²) in [6.45, 7) is 8.89. The van der Waals surface area contributed by atoms with E-state index in [1.165, 1.54) is 17.2 Å². The van der Waals surface area contributed by atoms with Gasteiger partial charge >= 0.3 is 0 Å². The summed E-state index contributed by atoms with van der Waals surface area (Å²) in [5.41, 5.74) is 7.07. The number of aryl methyl sites for hydroxylation is 1. The first-order valence-electron chi connectivity index (χ1n) is 10.1. The SMILES string of the molecule is C=C(NCc1ccc(F)c(CC)c1)c1ccc2c(c1)C(CC)Oc1cnccc1-2. The van der Waals surface area contributed by atoms with Crippen LogP contribution in [0.25, 0.3) is 16.8 Å². The third kappa shape index (κ3) is 3.75. The normalized spacial score (nSPS) is 14.5. The molecule has 1 atom stereocenters. The van der Waals surface area contributed by atoms with E-state index in [0.29, 0.717) is 13.0 Å². The van der Waals surface area contributed by atoms with E-state index in [0.717, 1.165) is 40.1 Å². The van der Waals surface area contributed by atoms with Gasteiger partial charge in [-0.3, -0.25) is 4.98 Å². The van der Waals surface area contributed by atoms with Crippen LogP contribution in [0.2, 0.25) is 0 Å². The van der Waals surface area contributed by atoms with Crippen LogP contribution in [0.5, 0.6) is 5.75 Å². The predicted octanol–water partition coefficient (Wildman–Crippen LogP) is 6.05. The van der Waals surface area contributed by atoms with Gasteiger partial charge in [-0.2, -0.15) is 0 Å². The first-order chi connectivity index (χ1) is 14.1. The van der Waals surface area contributed by atoms with Crippen molar-refractivity contribution in [2.45, 2.75) is 39.3 Å². The van der Waals surface area contributed by atoms with Crippen LogP contribution >= 0.6 is 0 Å². The van der Waals surface area contributed by atoms with E-state index >= 15 is 0 Å². The lowest BCUT2D eigenvalue weighted by molar-refractivity contribution is 0.197. The number of fused-ring (bicyclic) bond motifs is 3. The molecule has 0 saturated heterocycles. The van der Waals surface area contributed by atoms with E-state index in [9.17, 15) is 4.39 Å². The molecule has 0 saturated carbocycles. The van der Waals surface area contributed by atoms with Crippen molar-refractivity contribution in [3.05, 3.63) is 89.5 Å². The molecule has 148 valence electrons. The van der Waals surface area contributed by atoms with Crippen molar-refractivity contribution in [1.29, 1.82) is 0 Å². The Hall–Kier alpha value is -3.14. The largest absolute Gasteiger partial charge is 0.483 e. The second kappa shape index (κ2) is 8.08. The Bertz CT molecular complexity index is 1060. The van der Waals surface area contributed by atoms with Crippen molar-refractivity contribution in [3.63, 3.8) is 0 Å². The quantitative estimate of drug-likeness (QED) is 0.558. The minimum atomic E-state index is -0.147. The highest BCUT2D eigenvalue weighted by molar-refractivity contribution is 5.77. The highest BCUT2D eigenvalue weighted by Gasteiger charge is 2.25. The molecule has 2 aromatic carbocycles. The van der Waals surface area contributed by atoms with Crippen molar-refractivity contribution < 1.29 is 9.13 Å². The summed E-state index contributed by atoms with van der Waals surface area (Å²) in [5.74, 6) is 0.686. The summed E-state index contributed by atoms with van der Waals surface area (Å²) >= 11 is 0. The number of hydrogen-bond donors (Lipinski definition) is 1. The summed E-state index contributed by atoms with van der Waals surface area (Å²) in [6, 6.07) is 13.6. The molecule has 29 heavy (non-hydrogen) atoms. The number of nitrogens with zero attached hydrogens (tertiary/aromatic N) is 1. The zero-order valence-corrected chi connectivity index (χ0v) is 16.8. The lowest BCUT2D eigenvalue weighted by Gasteiger charge is -2.28. The Labute approximate surface area is 171 Å². The van der Waals surface area contributed by atoms with E-state index in [1.54, 1.807) is 12.4 Å². The van der Waals surface area contributed by atoms with Gasteiger partial charge in [-0.15, -0.1) is 0 Å². The molecular formula is C25H25FN2O. The van der Waals surface area contributed by atoms with Gasteiger partial charge in [0.25, 0.3) is 0 Å². The molecule has 1 aliphatic heterocycles. The molecule has 0 fully saturated rings. The fourth-order valence-corrected chi connectivity index (χ4v) is 3.80. The summed E-state index contributed by atoms with van der Waals surface area (Å²) in [5, 5.41) is 3.38. The number of halogens is 1. The van der Waals surface area contributed by atoms with Crippen LogP contribution in [0.15, 0.2) is 61.4 Å². The van der Waals surface area contributed by atoms with Gasteiger partial charge in [0.2, 0.25) is 0 Å². The molecule has 4 rings (SSSR count). The number of benzene rings is 2. The second-order valence-corrected chi connectivity index (χ2v) is 7.30. The van der Waals surface area contributed by atoms with Crippen molar-refractivity contribution >= 4 is 5.70 Å². The van der Waals surface area contributed by atoms with Gasteiger partial charge in [0, 0.05) is 29.6 Å². The van der Waals surface area contributed by atoms with E-state index in [1.807, 2.05) is 25.1 Å². The van der Waals surface area contributed by atoms with E-state index in [-0.39, 0.29) is 11.9 Å². The lowest BCUT2D eigenvalue weighted by Crippen LogP contribution is -2.15. The highest BCUT2D eigenvalue weighted by Crippen LogP contribution is 2.43. The Morgan fingerprint density at radius 2 is 2.00 bits per heavy atom. The number of pyridine rings is 1. The summed E-state index contributed by atoms with van der Waals surface area (Å²) in [4.78, 5) is 4.18. The van der Waals surface area contributed by atoms with Crippen molar-refractivity contribution in [2.24, 2.45) is 0 Å². The molecule has 1 unspecified atom stereocenters. The van der Waals surface area contributed by atoms with Crippen LogP contribution in [0.4, 0.5) is 4.39 Å². The Kier molecular flexibility index (Phi) is 5.34. The zero-order valence-electron chi connectivity index (χ0n) is 16.8. The van der Waals surface area contributed by atoms with Crippen molar-refractivity contribution in [1.82, 2.24) is 10.3 Å². The number of hydrogen-bond acceptors (Lipinski definition) is 3. The molecule has 0 bridgehead atoms. The van der Waals surface area contributed by atoms with Gasteiger partial charge in [0.15, 0.2) is 0 Å². The topological polar surface area (TPSA) is 34.1 Å². The summed E-state index contributed by atoms with van der Waals surface area (Å²) in [6.07, 6.45) is 5.13. The average molecular weight is 388 g/mol. The molecular weight excluding hydrogens is 363 g/mol. The first-order valence-corrected chi connectivity index (χ1v) is 10.1. The Morgan fingerprint density at radius 3 is 2.79 bits per heavy atom. The fourth-order valence-electron chi connectivity index (χ4n) is 3.80. The Balaban J connectivity index is 1.56. The first kappa shape index (κ1) is 19.2. The number of aromatic nitrogens is 1. The third-order valence-electron chi connectivity index (χ3n) is 5.46. The van der Waals surface area contributed by atoms with E-state index in [2.05, 4.69) is 42.0 Å². The van der Waals surface area contributed by atoms with Gasteiger partial charge in [-0.1, -0.05) is 44.7 Å². The van der Waals surface area contributed by atoms with Crippen LogP contribution in [0, 0.1) is 5.82 Å². The second-order valence-electron chi connectivity index (χ2n) is 7.30. The molecule has 1 aromatic heterocycles. The molecule has 1 N–H and O–H groups in total. The third-order valence-corrected chi connectivity index (χ3v) is 5.46. The molecule has 0 spiro atoms. The highest BCUT2D eigenvalue weighted by atomic mass is 19.1. The maximum atomic E-state index is 13.7. The molecule has 2 heterocycles. The zero-order chi connectivity index (χ0) is 20.4. The van der Waals surface area contributed by atoms with Gasteiger partial charge in [0.05, 0.1) is 6.20 Å². The monoisotopic (exact) mass is 388 g/mol. The molecule has 4 heteroatoms. The summed E-state index contributed by atoms with van der Waals surface area (Å²) < 4.78 is 19.9. The molecule has 0 aliphatic carbocycles. The van der Waals surface area contributed by atoms with E-state index in [4.69, 9.17) is 4.74 Å². The van der Waals surface area contributed by atoms with Gasteiger partial charge in [-0.25, -0.2) is 4.39 Å². The summed E-state index contributed by atoms with van der Waals surface area (Å²) in [7, 11) is 0. The molecule has 3 aromatic rings. The van der Waals surface area contributed by atoms with E-state index < -0.39 is 0 Å². The van der Waals surface area contributed by atoms with Crippen LogP contribution in [-0.2, 0) is 13.0 Å². The molecule has 3 nitrogen and oxygen atoms in total. The van der Waals surface area contributed by atoms with Crippen molar-refractivity contribution in [2.75, 3.05) is 0 Å². The van der Waals surface area contributed by atoms with Gasteiger partial charge < -0.3 is 10.1 Å². The maximum absolute atomic E-state index is 13.7. The fraction of sp³-hybridized carbons (Fsp3) is 0.240. The Morgan fingerprint density at radius 1 is 1.14 bits per heavy atom. The van der Waals surface area contributed by atoms with Crippen molar-refractivity contribution in [3.8, 4) is 16.9 Å². The number of rotatable bonds is 6. The minimum absolute atomic E-state index is 0.00124. The number of nitrogens with one attached hydrogen (secondary N) is 1. The number of ether oxygens (including phenoxy) is 1. The smallest absolute Gasteiger partial charge is 0.146 e. The molecule has 0 amide bonds. The van der Waals surface area contributed by atoms with Crippen LogP contribution in [0.3, 0.4) is 0 Å². The van der Waals surface area contributed by atoms with Gasteiger partial charge in [-0.05, 0) is 53.3 Å². The van der Waals surface area contributed by atoms with Crippen LogP contribution < -0.4 is 10.1 Å². The van der Waals surface area contributed by atoms with Gasteiger partial charge in [0.1, 0.15) is 17.7 Å². The van der Waals surface area contributed by atoms with Crippen LogP contribution in [0.1, 0.15) is 48.6 Å². The molecule has 0 radical (unpaired) electrons. The van der Waals surface area contributed by atoms with Crippen LogP contribution in [-0.4, -0.2) is 4.98 Å².